The van der Waals surface area contributed by atoms with Crippen LogP contribution in [-0.4, -0.2) is 51.7 Å². The zero-order valence-electron chi connectivity index (χ0n) is 19.5. The van der Waals surface area contributed by atoms with Crippen molar-refractivity contribution in [1.29, 1.82) is 0 Å². The van der Waals surface area contributed by atoms with Crippen molar-refractivity contribution in [3.8, 4) is 16.9 Å². The van der Waals surface area contributed by atoms with Gasteiger partial charge in [0.05, 0.1) is 22.7 Å². The number of benzene rings is 2. The van der Waals surface area contributed by atoms with Crippen LogP contribution in [0.15, 0.2) is 60.8 Å². The molecule has 0 spiro atoms. The van der Waals surface area contributed by atoms with Gasteiger partial charge in [-0.15, -0.1) is 0 Å². The summed E-state index contributed by atoms with van der Waals surface area (Å²) in [5.41, 5.74) is 3.07. The molecule has 1 aromatic heterocycles. The highest BCUT2D eigenvalue weighted by Crippen LogP contribution is 2.26. The molecule has 2 heterocycles. The summed E-state index contributed by atoms with van der Waals surface area (Å²) in [7, 11) is 0. The van der Waals surface area contributed by atoms with E-state index in [1.807, 2.05) is 36.5 Å². The number of nitro groups is 1. The van der Waals surface area contributed by atoms with Crippen molar-refractivity contribution < 1.29 is 9.72 Å². The second-order valence-electron chi connectivity index (χ2n) is 9.03. The van der Waals surface area contributed by atoms with E-state index in [0.29, 0.717) is 18.2 Å². The van der Waals surface area contributed by atoms with Gasteiger partial charge in [0.15, 0.2) is 0 Å². The number of non-ortho nitro benzene ring substituents is 1. The van der Waals surface area contributed by atoms with Gasteiger partial charge in [0, 0.05) is 42.5 Å². The molecule has 0 bridgehead atoms. The van der Waals surface area contributed by atoms with Gasteiger partial charge in [-0.2, -0.15) is 5.10 Å². The Kier molecular flexibility index (Phi) is 7.69. The molecule has 1 aliphatic heterocycles. The maximum Gasteiger partial charge on any atom is 0.269 e. The second-order valence-corrected chi connectivity index (χ2v) is 9.03. The normalized spacial score (nSPS) is 15.1. The van der Waals surface area contributed by atoms with Crippen LogP contribution in [0.5, 0.6) is 0 Å². The van der Waals surface area contributed by atoms with E-state index in [-0.39, 0.29) is 18.0 Å². The molecule has 1 N–H and O–H groups in total. The van der Waals surface area contributed by atoms with Crippen LogP contribution in [0.4, 0.5) is 5.69 Å². The lowest BCUT2D eigenvalue weighted by molar-refractivity contribution is -0.384. The number of amides is 1. The molecule has 2 aromatic carbocycles. The number of hydrogen-bond donors (Lipinski definition) is 1. The lowest BCUT2D eigenvalue weighted by Gasteiger charge is -2.29. The number of nitrogens with zero attached hydrogens (tertiary/aromatic N) is 4. The molecule has 8 heteroatoms. The maximum atomic E-state index is 12.8. The zero-order chi connectivity index (χ0) is 23.9. The first kappa shape index (κ1) is 23.6. The number of para-hydroxylation sites is 1. The van der Waals surface area contributed by atoms with Crippen LogP contribution in [0.25, 0.3) is 16.9 Å². The third-order valence-electron chi connectivity index (χ3n) is 6.18. The summed E-state index contributed by atoms with van der Waals surface area (Å²) < 4.78 is 1.75. The van der Waals surface area contributed by atoms with Crippen LogP contribution in [-0.2, 0) is 11.2 Å². The van der Waals surface area contributed by atoms with Gasteiger partial charge in [0.25, 0.3) is 5.69 Å². The summed E-state index contributed by atoms with van der Waals surface area (Å²) in [6, 6.07) is 16.0. The summed E-state index contributed by atoms with van der Waals surface area (Å²) in [5, 5.41) is 18.8. The van der Waals surface area contributed by atoms with E-state index in [1.54, 1.807) is 16.8 Å². The summed E-state index contributed by atoms with van der Waals surface area (Å²) in [6.07, 6.45) is 5.89. The third-order valence-corrected chi connectivity index (χ3v) is 6.18. The van der Waals surface area contributed by atoms with Gasteiger partial charge in [-0.1, -0.05) is 31.5 Å². The number of carbonyl (C=O) groups is 1. The molecule has 178 valence electrons. The maximum absolute atomic E-state index is 12.8. The van der Waals surface area contributed by atoms with Crippen LogP contribution in [0.3, 0.4) is 0 Å². The largest absolute Gasteiger partial charge is 0.355 e. The summed E-state index contributed by atoms with van der Waals surface area (Å²) in [5.74, 6) is 0.324. The minimum atomic E-state index is -0.425. The number of aromatic nitrogens is 2. The number of piperidine rings is 1. The Balaban J connectivity index is 1.47. The molecule has 1 unspecified atom stereocenters. The average molecular weight is 462 g/mol. The summed E-state index contributed by atoms with van der Waals surface area (Å²) in [6.45, 7) is 6.10. The smallest absolute Gasteiger partial charge is 0.269 e. The van der Waals surface area contributed by atoms with Crippen LogP contribution in [0.1, 0.15) is 31.7 Å². The molecule has 3 aromatic rings. The first-order valence-electron chi connectivity index (χ1n) is 11.9. The highest BCUT2D eigenvalue weighted by Gasteiger charge is 2.18. The Morgan fingerprint density at radius 2 is 1.79 bits per heavy atom. The van der Waals surface area contributed by atoms with E-state index in [1.165, 1.54) is 31.4 Å². The van der Waals surface area contributed by atoms with Crippen LogP contribution in [0.2, 0.25) is 0 Å². The fraction of sp³-hybridized carbons (Fsp3) is 0.385. The van der Waals surface area contributed by atoms with Crippen molar-refractivity contribution in [3.63, 3.8) is 0 Å². The van der Waals surface area contributed by atoms with Gasteiger partial charge in [0.1, 0.15) is 0 Å². The van der Waals surface area contributed by atoms with Crippen LogP contribution < -0.4 is 5.32 Å². The number of rotatable bonds is 9. The fourth-order valence-corrected chi connectivity index (χ4v) is 4.41. The van der Waals surface area contributed by atoms with Crippen LogP contribution in [0, 0.1) is 16.0 Å². The zero-order valence-corrected chi connectivity index (χ0v) is 19.5. The SMILES string of the molecule is CC(CNC(=O)Cc1cn(-c2ccccc2)nc1-c1ccc([N+](=O)[O-])cc1)CN1CCCCC1. The van der Waals surface area contributed by atoms with Gasteiger partial charge in [0.2, 0.25) is 5.91 Å². The van der Waals surface area contributed by atoms with E-state index >= 15 is 0 Å². The predicted octanol–water partition coefficient (Wildman–Crippen LogP) is 4.23. The topological polar surface area (TPSA) is 93.3 Å². The van der Waals surface area contributed by atoms with E-state index in [0.717, 1.165) is 36.4 Å². The average Bonchev–Trinajstić information content (AvgIpc) is 3.27. The van der Waals surface area contributed by atoms with Crippen molar-refractivity contribution in [2.24, 2.45) is 5.92 Å². The lowest BCUT2D eigenvalue weighted by Crippen LogP contribution is -2.38. The first-order chi connectivity index (χ1) is 16.5. The fourth-order valence-electron chi connectivity index (χ4n) is 4.41. The third kappa shape index (κ3) is 6.08. The molecule has 34 heavy (non-hydrogen) atoms. The molecular formula is C26H31N5O3. The number of nitro benzene ring substituents is 1. The minimum Gasteiger partial charge on any atom is -0.355 e. The Morgan fingerprint density at radius 1 is 1.09 bits per heavy atom. The predicted molar refractivity (Wildman–Crippen MR) is 132 cm³/mol. The molecular weight excluding hydrogens is 430 g/mol. The number of likely N-dealkylation sites (tertiary alicyclic amines) is 1. The standard InChI is InChI=1S/C26H31N5O3/c1-20(18-29-14-6-3-7-15-29)17-27-25(32)16-22-19-30(23-8-4-2-5-9-23)28-26(22)21-10-12-24(13-11-21)31(33)34/h2,4-5,8-13,19-20H,3,6-7,14-18H2,1H3,(H,27,32). The molecule has 1 fully saturated rings. The number of hydrogen-bond acceptors (Lipinski definition) is 5. The Labute approximate surface area is 199 Å². The summed E-state index contributed by atoms with van der Waals surface area (Å²) >= 11 is 0. The van der Waals surface area contributed by atoms with Gasteiger partial charge in [-0.05, 0) is 56.1 Å². The number of nitrogens with one attached hydrogen (secondary N) is 1. The molecule has 4 rings (SSSR count). The molecule has 1 atom stereocenters. The van der Waals surface area contributed by atoms with Gasteiger partial charge in [-0.25, -0.2) is 4.68 Å². The lowest BCUT2D eigenvalue weighted by atomic mass is 10.0. The Hall–Kier alpha value is -3.52. The van der Waals surface area contributed by atoms with Crippen molar-refractivity contribution in [2.45, 2.75) is 32.6 Å². The van der Waals surface area contributed by atoms with E-state index in [4.69, 9.17) is 5.10 Å². The van der Waals surface area contributed by atoms with Crippen molar-refractivity contribution >= 4 is 11.6 Å². The molecule has 0 saturated carbocycles. The van der Waals surface area contributed by atoms with E-state index in [2.05, 4.69) is 17.1 Å². The van der Waals surface area contributed by atoms with Gasteiger partial charge in [-0.3, -0.25) is 14.9 Å². The van der Waals surface area contributed by atoms with E-state index in [9.17, 15) is 14.9 Å². The quantitative estimate of drug-likeness (QED) is 0.380. The molecule has 1 saturated heterocycles. The van der Waals surface area contributed by atoms with Crippen molar-refractivity contribution in [1.82, 2.24) is 20.0 Å². The van der Waals surface area contributed by atoms with Gasteiger partial charge < -0.3 is 10.2 Å². The van der Waals surface area contributed by atoms with Gasteiger partial charge >= 0.3 is 0 Å². The van der Waals surface area contributed by atoms with Crippen molar-refractivity contribution in [3.05, 3.63) is 76.5 Å². The highest BCUT2D eigenvalue weighted by atomic mass is 16.6. The monoisotopic (exact) mass is 461 g/mol. The molecule has 1 amide bonds. The van der Waals surface area contributed by atoms with E-state index < -0.39 is 4.92 Å². The molecule has 1 aliphatic rings. The Morgan fingerprint density at radius 3 is 2.47 bits per heavy atom. The number of carbonyl (C=O) groups excluding carboxylic acids is 1. The van der Waals surface area contributed by atoms with Crippen molar-refractivity contribution in [2.75, 3.05) is 26.2 Å². The summed E-state index contributed by atoms with van der Waals surface area (Å²) in [4.78, 5) is 25.9. The second kappa shape index (κ2) is 11.1. The van der Waals surface area contributed by atoms with Crippen LogP contribution >= 0.6 is 0 Å². The molecule has 0 radical (unpaired) electrons. The molecule has 8 nitrogen and oxygen atoms in total. The minimum absolute atomic E-state index is 0.0215. The molecule has 0 aliphatic carbocycles. The Bertz CT molecular complexity index is 1110. The first-order valence-corrected chi connectivity index (χ1v) is 11.9. The highest BCUT2D eigenvalue weighted by molar-refractivity contribution is 5.81.